The van der Waals surface area contributed by atoms with E-state index in [-0.39, 0.29) is 6.04 Å². The molecule has 29 heavy (non-hydrogen) atoms. The molecule has 7 heteroatoms. The highest BCUT2D eigenvalue weighted by Crippen LogP contribution is 2.37. The van der Waals surface area contributed by atoms with Gasteiger partial charge in [0.25, 0.3) is 0 Å². The quantitative estimate of drug-likeness (QED) is 0.637. The maximum atomic E-state index is 6.32. The first kappa shape index (κ1) is 18.8. The molecule has 2 aromatic carbocycles. The van der Waals surface area contributed by atoms with Gasteiger partial charge in [0.1, 0.15) is 6.04 Å². The fourth-order valence-corrected chi connectivity index (χ4v) is 4.36. The molecule has 0 saturated carbocycles. The molecule has 2 saturated heterocycles. The zero-order chi connectivity index (χ0) is 19.7. The average molecular weight is 412 g/mol. The lowest BCUT2D eigenvalue weighted by Gasteiger charge is -2.40. The van der Waals surface area contributed by atoms with Gasteiger partial charge in [-0.25, -0.2) is 0 Å². The third-order valence-electron chi connectivity index (χ3n) is 5.63. The molecule has 0 aliphatic carbocycles. The largest absolute Gasteiger partial charge is 0.419 e. The van der Waals surface area contributed by atoms with Gasteiger partial charge in [-0.05, 0) is 17.7 Å². The van der Waals surface area contributed by atoms with Crippen LogP contribution in [-0.2, 0) is 9.47 Å². The van der Waals surface area contributed by atoms with Gasteiger partial charge in [0.2, 0.25) is 11.8 Å². The van der Waals surface area contributed by atoms with Crippen molar-refractivity contribution in [1.29, 1.82) is 0 Å². The lowest BCUT2D eigenvalue weighted by atomic mass is 9.98. The van der Waals surface area contributed by atoms with E-state index < -0.39 is 5.79 Å². The summed E-state index contributed by atoms with van der Waals surface area (Å²) < 4.78 is 17.9. The normalized spacial score (nSPS) is 20.2. The zero-order valence-electron chi connectivity index (χ0n) is 16.0. The summed E-state index contributed by atoms with van der Waals surface area (Å²) in [6, 6.07) is 17.6. The van der Waals surface area contributed by atoms with E-state index in [1.807, 2.05) is 42.5 Å². The van der Waals surface area contributed by atoms with E-state index in [9.17, 15) is 0 Å². The van der Waals surface area contributed by atoms with Crippen LogP contribution in [-0.4, -0.2) is 47.2 Å². The molecule has 3 aromatic rings. The minimum absolute atomic E-state index is 0.126. The summed E-state index contributed by atoms with van der Waals surface area (Å²) in [5, 5.41) is 9.27. The molecule has 1 spiro atoms. The van der Waals surface area contributed by atoms with E-state index in [1.54, 1.807) is 0 Å². The van der Waals surface area contributed by atoms with Crippen molar-refractivity contribution >= 4 is 11.6 Å². The number of piperidine rings is 1. The number of halogens is 1. The Kier molecular flexibility index (Phi) is 5.09. The Hall–Kier alpha value is -2.25. The van der Waals surface area contributed by atoms with E-state index in [2.05, 4.69) is 27.2 Å². The number of hydrogen-bond donors (Lipinski definition) is 0. The molecule has 5 rings (SSSR count). The van der Waals surface area contributed by atoms with Crippen LogP contribution in [0.4, 0.5) is 0 Å². The van der Waals surface area contributed by atoms with E-state index in [1.165, 1.54) is 0 Å². The molecule has 150 valence electrons. The molecule has 1 aromatic heterocycles. The van der Waals surface area contributed by atoms with E-state index in [0.29, 0.717) is 30.0 Å². The van der Waals surface area contributed by atoms with E-state index in [4.69, 9.17) is 25.5 Å². The van der Waals surface area contributed by atoms with Crippen LogP contribution < -0.4 is 0 Å². The maximum Gasteiger partial charge on any atom is 0.249 e. The molecule has 3 heterocycles. The number of benzene rings is 2. The molecule has 1 atom stereocenters. The Labute approximate surface area is 174 Å². The fourth-order valence-electron chi connectivity index (χ4n) is 4.14. The zero-order valence-corrected chi connectivity index (χ0v) is 16.7. The van der Waals surface area contributed by atoms with Crippen LogP contribution in [0.2, 0.25) is 5.02 Å². The lowest BCUT2D eigenvalue weighted by Crippen LogP contribution is -2.46. The molecule has 2 fully saturated rings. The van der Waals surface area contributed by atoms with Gasteiger partial charge in [-0.3, -0.25) is 4.90 Å². The first-order chi connectivity index (χ1) is 14.2. The van der Waals surface area contributed by atoms with Crippen LogP contribution in [0, 0.1) is 0 Å². The SMILES string of the molecule is Clc1ccccc1-c1nnc([C@H](c2ccccc2)N2CCC3(CC2)OCCO3)o1. The summed E-state index contributed by atoms with van der Waals surface area (Å²) in [6.45, 7) is 2.99. The van der Waals surface area contributed by atoms with Crippen molar-refractivity contribution in [3.8, 4) is 11.5 Å². The Balaban J connectivity index is 1.45. The minimum Gasteiger partial charge on any atom is -0.419 e. The molecule has 2 aliphatic heterocycles. The second kappa shape index (κ2) is 7.88. The van der Waals surface area contributed by atoms with E-state index >= 15 is 0 Å². The predicted octanol–water partition coefficient (Wildman–Crippen LogP) is 4.32. The highest BCUT2D eigenvalue weighted by Gasteiger charge is 2.42. The molecule has 0 radical (unpaired) electrons. The summed E-state index contributed by atoms with van der Waals surface area (Å²) in [7, 11) is 0. The lowest BCUT2D eigenvalue weighted by molar-refractivity contribution is -0.187. The standard InChI is InChI=1S/C22H22ClN3O3/c23-18-9-5-4-8-17(18)20-24-25-21(29-20)19(16-6-2-1-3-7-16)26-12-10-22(11-13-26)27-14-15-28-22/h1-9,19H,10-15H2/t19-/m0/s1. The first-order valence-corrected chi connectivity index (χ1v) is 10.3. The summed E-state index contributed by atoms with van der Waals surface area (Å²) in [4.78, 5) is 2.36. The van der Waals surface area contributed by atoms with Gasteiger partial charge in [0.15, 0.2) is 5.79 Å². The minimum atomic E-state index is -0.421. The smallest absolute Gasteiger partial charge is 0.249 e. The molecule has 2 aliphatic rings. The van der Waals surface area contributed by atoms with Gasteiger partial charge in [0.05, 0.1) is 23.8 Å². The van der Waals surface area contributed by atoms with Gasteiger partial charge < -0.3 is 13.9 Å². The number of rotatable bonds is 4. The van der Waals surface area contributed by atoms with Crippen LogP contribution in [0.25, 0.3) is 11.5 Å². The second-order valence-corrected chi connectivity index (χ2v) is 7.79. The highest BCUT2D eigenvalue weighted by molar-refractivity contribution is 6.33. The number of aromatic nitrogens is 2. The van der Waals surface area contributed by atoms with Crippen molar-refractivity contribution in [2.75, 3.05) is 26.3 Å². The fraction of sp³-hybridized carbons (Fsp3) is 0.364. The van der Waals surface area contributed by atoms with Crippen molar-refractivity contribution in [1.82, 2.24) is 15.1 Å². The number of likely N-dealkylation sites (tertiary alicyclic amines) is 1. The summed E-state index contributed by atoms with van der Waals surface area (Å²) in [5.41, 5.74) is 1.86. The Morgan fingerprint density at radius 3 is 2.31 bits per heavy atom. The van der Waals surface area contributed by atoms with Gasteiger partial charge in [-0.15, -0.1) is 10.2 Å². The van der Waals surface area contributed by atoms with Crippen molar-refractivity contribution in [3.63, 3.8) is 0 Å². The Bertz CT molecular complexity index is 962. The molecular formula is C22H22ClN3O3. The number of hydrogen-bond acceptors (Lipinski definition) is 6. The maximum absolute atomic E-state index is 6.32. The number of nitrogens with zero attached hydrogens (tertiary/aromatic N) is 3. The predicted molar refractivity (Wildman–Crippen MR) is 108 cm³/mol. The van der Waals surface area contributed by atoms with Crippen molar-refractivity contribution in [2.24, 2.45) is 0 Å². The highest BCUT2D eigenvalue weighted by atomic mass is 35.5. The Morgan fingerprint density at radius 1 is 0.897 bits per heavy atom. The summed E-state index contributed by atoms with van der Waals surface area (Å²) in [6.07, 6.45) is 1.64. The monoisotopic (exact) mass is 411 g/mol. The second-order valence-electron chi connectivity index (χ2n) is 7.38. The molecule has 0 amide bonds. The van der Waals surface area contributed by atoms with E-state index in [0.717, 1.165) is 37.1 Å². The van der Waals surface area contributed by atoms with Crippen molar-refractivity contribution < 1.29 is 13.9 Å². The van der Waals surface area contributed by atoms with Gasteiger partial charge >= 0.3 is 0 Å². The van der Waals surface area contributed by atoms with Crippen LogP contribution in [0.5, 0.6) is 0 Å². The third-order valence-corrected chi connectivity index (χ3v) is 5.96. The molecular weight excluding hydrogens is 390 g/mol. The van der Waals surface area contributed by atoms with Gasteiger partial charge in [-0.1, -0.05) is 54.1 Å². The van der Waals surface area contributed by atoms with Crippen molar-refractivity contribution in [2.45, 2.75) is 24.7 Å². The summed E-state index contributed by atoms with van der Waals surface area (Å²) in [5.74, 6) is 0.577. The van der Waals surface area contributed by atoms with Crippen LogP contribution in [0.3, 0.4) is 0 Å². The molecule has 0 unspecified atom stereocenters. The molecule has 0 N–H and O–H groups in total. The van der Waals surface area contributed by atoms with Crippen LogP contribution in [0.1, 0.15) is 30.3 Å². The van der Waals surface area contributed by atoms with Crippen molar-refractivity contribution in [3.05, 3.63) is 71.1 Å². The topological polar surface area (TPSA) is 60.6 Å². The number of ether oxygens (including phenoxy) is 2. The molecule has 0 bridgehead atoms. The average Bonchev–Trinajstić information content (AvgIpc) is 3.41. The summed E-state index contributed by atoms with van der Waals surface area (Å²) >= 11 is 6.32. The van der Waals surface area contributed by atoms with Crippen LogP contribution in [0.15, 0.2) is 59.0 Å². The van der Waals surface area contributed by atoms with Gasteiger partial charge in [0, 0.05) is 25.9 Å². The van der Waals surface area contributed by atoms with Gasteiger partial charge in [-0.2, -0.15) is 0 Å². The third kappa shape index (κ3) is 3.69. The van der Waals surface area contributed by atoms with Crippen LogP contribution >= 0.6 is 11.6 Å². The first-order valence-electron chi connectivity index (χ1n) is 9.89. The Morgan fingerprint density at radius 2 is 1.59 bits per heavy atom. The molecule has 6 nitrogen and oxygen atoms in total.